The Morgan fingerprint density at radius 2 is 1.73 bits per heavy atom. The van der Waals surface area contributed by atoms with Crippen LogP contribution < -0.4 is 10.1 Å². The largest absolute Gasteiger partial charge is 0.497 e. The average Bonchev–Trinajstić information content (AvgIpc) is 2.79. The van der Waals surface area contributed by atoms with Crippen LogP contribution in [-0.2, 0) is 9.53 Å². The molecular formula is C22H35N5O3. The number of ether oxygens (including phenoxy) is 2. The number of aliphatic imine (C=N–C) groups is 1. The number of morpholine rings is 1. The molecule has 0 radical (unpaired) electrons. The van der Waals surface area contributed by atoms with E-state index >= 15 is 0 Å². The summed E-state index contributed by atoms with van der Waals surface area (Å²) in [7, 11) is 1.69. The van der Waals surface area contributed by atoms with E-state index in [1.165, 1.54) is 5.56 Å². The van der Waals surface area contributed by atoms with Gasteiger partial charge in [-0.05, 0) is 24.6 Å². The summed E-state index contributed by atoms with van der Waals surface area (Å²) in [6.45, 7) is 11.6. The number of guanidine groups is 1. The van der Waals surface area contributed by atoms with Crippen LogP contribution in [0.4, 0.5) is 0 Å². The zero-order valence-corrected chi connectivity index (χ0v) is 18.5. The van der Waals surface area contributed by atoms with E-state index in [4.69, 9.17) is 14.5 Å². The average molecular weight is 418 g/mol. The molecule has 8 nitrogen and oxygen atoms in total. The summed E-state index contributed by atoms with van der Waals surface area (Å²) in [6, 6.07) is 8.48. The van der Waals surface area contributed by atoms with Gasteiger partial charge in [0.1, 0.15) is 5.75 Å². The molecule has 166 valence electrons. The molecule has 0 saturated carbocycles. The van der Waals surface area contributed by atoms with Gasteiger partial charge in [0.05, 0.1) is 32.9 Å². The van der Waals surface area contributed by atoms with Gasteiger partial charge in [0.25, 0.3) is 0 Å². The fourth-order valence-electron chi connectivity index (χ4n) is 3.98. The van der Waals surface area contributed by atoms with Crippen molar-refractivity contribution in [1.29, 1.82) is 0 Å². The molecule has 1 unspecified atom stereocenters. The summed E-state index contributed by atoms with van der Waals surface area (Å²) >= 11 is 0. The van der Waals surface area contributed by atoms with Gasteiger partial charge in [-0.1, -0.05) is 12.1 Å². The Morgan fingerprint density at radius 3 is 2.30 bits per heavy atom. The first-order valence-corrected chi connectivity index (χ1v) is 10.9. The van der Waals surface area contributed by atoms with E-state index < -0.39 is 0 Å². The minimum absolute atomic E-state index is 0.142. The van der Waals surface area contributed by atoms with Gasteiger partial charge in [-0.25, -0.2) is 0 Å². The van der Waals surface area contributed by atoms with Crippen molar-refractivity contribution in [1.82, 2.24) is 20.0 Å². The predicted molar refractivity (Wildman–Crippen MR) is 118 cm³/mol. The molecule has 2 saturated heterocycles. The van der Waals surface area contributed by atoms with Crippen molar-refractivity contribution in [3.63, 3.8) is 0 Å². The summed E-state index contributed by atoms with van der Waals surface area (Å²) in [4.78, 5) is 23.3. The zero-order chi connectivity index (χ0) is 21.3. The normalized spacial score (nSPS) is 19.5. The summed E-state index contributed by atoms with van der Waals surface area (Å²) in [5.41, 5.74) is 1.23. The maximum Gasteiger partial charge on any atom is 0.219 e. The van der Waals surface area contributed by atoms with Crippen molar-refractivity contribution in [2.24, 2.45) is 4.99 Å². The Balaban J connectivity index is 1.74. The Kier molecular flexibility index (Phi) is 8.33. The lowest BCUT2D eigenvalue weighted by molar-refractivity contribution is -0.130. The molecule has 30 heavy (non-hydrogen) atoms. The van der Waals surface area contributed by atoms with Crippen LogP contribution in [0.3, 0.4) is 0 Å². The van der Waals surface area contributed by atoms with Gasteiger partial charge in [0.15, 0.2) is 5.96 Å². The molecule has 0 aliphatic carbocycles. The minimum atomic E-state index is 0.142. The van der Waals surface area contributed by atoms with Crippen LogP contribution in [0.15, 0.2) is 29.3 Å². The summed E-state index contributed by atoms with van der Waals surface area (Å²) in [6.07, 6.45) is 0. The molecule has 2 fully saturated rings. The van der Waals surface area contributed by atoms with Crippen LogP contribution in [-0.4, -0.2) is 99.2 Å². The first-order valence-electron chi connectivity index (χ1n) is 10.9. The quantitative estimate of drug-likeness (QED) is 0.554. The Labute approximate surface area is 179 Å². The summed E-state index contributed by atoms with van der Waals surface area (Å²) < 4.78 is 10.9. The highest BCUT2D eigenvalue weighted by molar-refractivity contribution is 5.80. The van der Waals surface area contributed by atoms with Crippen molar-refractivity contribution < 1.29 is 14.3 Å². The Morgan fingerprint density at radius 1 is 1.10 bits per heavy atom. The number of methoxy groups -OCH3 is 1. The van der Waals surface area contributed by atoms with E-state index in [0.717, 1.165) is 70.7 Å². The van der Waals surface area contributed by atoms with Crippen LogP contribution in [0.1, 0.15) is 25.5 Å². The predicted octanol–water partition coefficient (Wildman–Crippen LogP) is 1.20. The fraction of sp³-hybridized carbons (Fsp3) is 0.636. The van der Waals surface area contributed by atoms with Gasteiger partial charge in [-0.2, -0.15) is 0 Å². The topological polar surface area (TPSA) is 69.6 Å². The SMILES string of the molecule is CCNC(=NCC(c1ccc(OC)cc1)N1CCOCC1)N1CCN(C(C)=O)CC1. The molecule has 8 heteroatoms. The molecule has 2 heterocycles. The number of amides is 1. The Bertz CT molecular complexity index is 695. The van der Waals surface area contributed by atoms with E-state index in [0.29, 0.717) is 6.54 Å². The number of hydrogen-bond donors (Lipinski definition) is 1. The van der Waals surface area contributed by atoms with Gasteiger partial charge < -0.3 is 24.6 Å². The third-order valence-corrected chi connectivity index (χ3v) is 5.76. The van der Waals surface area contributed by atoms with Crippen LogP contribution in [0.2, 0.25) is 0 Å². The van der Waals surface area contributed by atoms with E-state index in [9.17, 15) is 4.79 Å². The highest BCUT2D eigenvalue weighted by Crippen LogP contribution is 2.24. The summed E-state index contributed by atoms with van der Waals surface area (Å²) in [5.74, 6) is 1.93. The molecule has 1 aromatic rings. The van der Waals surface area contributed by atoms with Crippen molar-refractivity contribution in [3.8, 4) is 5.75 Å². The number of carbonyl (C=O) groups is 1. The molecule has 1 atom stereocenters. The third kappa shape index (κ3) is 5.86. The van der Waals surface area contributed by atoms with Crippen molar-refractivity contribution >= 4 is 11.9 Å². The second-order valence-electron chi connectivity index (χ2n) is 7.63. The molecule has 0 spiro atoms. The molecule has 2 aliphatic heterocycles. The van der Waals surface area contributed by atoms with E-state index in [2.05, 4.69) is 34.2 Å². The second kappa shape index (κ2) is 11.2. The van der Waals surface area contributed by atoms with E-state index in [-0.39, 0.29) is 11.9 Å². The highest BCUT2D eigenvalue weighted by Gasteiger charge is 2.25. The van der Waals surface area contributed by atoms with E-state index in [1.54, 1.807) is 14.0 Å². The third-order valence-electron chi connectivity index (χ3n) is 5.76. The molecule has 3 rings (SSSR count). The van der Waals surface area contributed by atoms with Crippen LogP contribution >= 0.6 is 0 Å². The number of rotatable bonds is 6. The molecule has 0 bridgehead atoms. The fourth-order valence-corrected chi connectivity index (χ4v) is 3.98. The van der Waals surface area contributed by atoms with Gasteiger partial charge in [0, 0.05) is 52.7 Å². The Hall–Kier alpha value is -2.32. The summed E-state index contributed by atoms with van der Waals surface area (Å²) in [5, 5.41) is 3.43. The molecule has 1 N–H and O–H groups in total. The number of hydrogen-bond acceptors (Lipinski definition) is 5. The van der Waals surface area contributed by atoms with Crippen molar-refractivity contribution in [2.45, 2.75) is 19.9 Å². The van der Waals surface area contributed by atoms with Gasteiger partial charge in [0.2, 0.25) is 5.91 Å². The molecule has 1 amide bonds. The smallest absolute Gasteiger partial charge is 0.219 e. The number of carbonyl (C=O) groups excluding carboxylic acids is 1. The van der Waals surface area contributed by atoms with Gasteiger partial charge >= 0.3 is 0 Å². The van der Waals surface area contributed by atoms with Crippen molar-refractivity contribution in [3.05, 3.63) is 29.8 Å². The highest BCUT2D eigenvalue weighted by atomic mass is 16.5. The van der Waals surface area contributed by atoms with Crippen LogP contribution in [0.5, 0.6) is 5.75 Å². The second-order valence-corrected chi connectivity index (χ2v) is 7.63. The van der Waals surface area contributed by atoms with Crippen LogP contribution in [0, 0.1) is 0 Å². The number of piperazine rings is 1. The maximum atomic E-state index is 11.6. The van der Waals surface area contributed by atoms with E-state index in [1.807, 2.05) is 17.0 Å². The molecular weight excluding hydrogens is 382 g/mol. The molecule has 0 aromatic heterocycles. The van der Waals surface area contributed by atoms with Crippen LogP contribution in [0.25, 0.3) is 0 Å². The maximum absolute atomic E-state index is 11.6. The van der Waals surface area contributed by atoms with Gasteiger partial charge in [-0.15, -0.1) is 0 Å². The van der Waals surface area contributed by atoms with Gasteiger partial charge in [-0.3, -0.25) is 14.7 Å². The first kappa shape index (κ1) is 22.4. The van der Waals surface area contributed by atoms with Crippen molar-refractivity contribution in [2.75, 3.05) is 72.7 Å². The molecule has 1 aromatic carbocycles. The lowest BCUT2D eigenvalue weighted by atomic mass is 10.0. The first-order chi connectivity index (χ1) is 14.6. The molecule has 2 aliphatic rings. The number of benzene rings is 1. The standard InChI is InChI=1S/C22H35N5O3/c1-4-23-22(27-11-9-25(10-12-27)18(2)28)24-17-21(26-13-15-30-16-14-26)19-5-7-20(29-3)8-6-19/h5-8,21H,4,9-17H2,1-3H3,(H,23,24). The number of nitrogens with one attached hydrogen (secondary N) is 1. The number of nitrogens with zero attached hydrogens (tertiary/aromatic N) is 4. The monoisotopic (exact) mass is 417 g/mol. The zero-order valence-electron chi connectivity index (χ0n) is 18.5. The lowest BCUT2D eigenvalue weighted by Crippen LogP contribution is -2.53. The lowest BCUT2D eigenvalue weighted by Gasteiger charge is -2.37. The minimum Gasteiger partial charge on any atom is -0.497 e.